The van der Waals surface area contributed by atoms with E-state index in [2.05, 4.69) is 13.8 Å². The summed E-state index contributed by atoms with van der Waals surface area (Å²) in [6, 6.07) is 0. The molecule has 0 bridgehead atoms. The molecule has 0 spiro atoms. The summed E-state index contributed by atoms with van der Waals surface area (Å²) in [6.07, 6.45) is 7.66. The fourth-order valence-electron chi connectivity index (χ4n) is 2.68. The molecule has 0 amide bonds. The summed E-state index contributed by atoms with van der Waals surface area (Å²) >= 11 is 1.74. The van der Waals surface area contributed by atoms with Crippen LogP contribution in [0.4, 0.5) is 5.00 Å². The highest BCUT2D eigenvalue weighted by molar-refractivity contribution is 7.15. The Morgan fingerprint density at radius 1 is 1.31 bits per heavy atom. The third-order valence-corrected chi connectivity index (χ3v) is 4.84. The molecule has 0 radical (unpaired) electrons. The molecule has 0 aromatic carbocycles. The number of nitrogens with two attached hydrogens (primary N) is 1. The van der Waals surface area contributed by atoms with Crippen molar-refractivity contribution in [1.29, 1.82) is 0 Å². The fraction of sp³-hybridized carbons (Fsp3) is 0.769. The van der Waals surface area contributed by atoms with Crippen molar-refractivity contribution in [3.63, 3.8) is 0 Å². The summed E-state index contributed by atoms with van der Waals surface area (Å²) in [6.45, 7) is 4.45. The van der Waals surface area contributed by atoms with Gasteiger partial charge in [0, 0.05) is 11.8 Å². The van der Waals surface area contributed by atoms with Crippen molar-refractivity contribution in [2.45, 2.75) is 64.2 Å². The first-order valence-corrected chi connectivity index (χ1v) is 7.34. The number of nitrogens with zero attached hydrogens (tertiary/aromatic N) is 1. The van der Waals surface area contributed by atoms with Crippen LogP contribution < -0.4 is 5.73 Å². The lowest BCUT2D eigenvalue weighted by molar-refractivity contribution is 0.620. The summed E-state index contributed by atoms with van der Waals surface area (Å²) < 4.78 is 0. The van der Waals surface area contributed by atoms with E-state index in [1.165, 1.54) is 36.4 Å². The van der Waals surface area contributed by atoms with Crippen LogP contribution in [0.15, 0.2) is 0 Å². The molecule has 2 rings (SSSR count). The number of rotatable bonds is 4. The number of thiazole rings is 1. The molecular weight excluding hydrogens is 216 g/mol. The average molecular weight is 238 g/mol. The number of aromatic nitrogens is 1. The molecule has 1 fully saturated rings. The minimum Gasteiger partial charge on any atom is -0.389 e. The number of nitrogen functional groups attached to an aromatic ring is 1. The van der Waals surface area contributed by atoms with Gasteiger partial charge in [0.15, 0.2) is 0 Å². The van der Waals surface area contributed by atoms with Crippen molar-refractivity contribution < 1.29 is 0 Å². The molecule has 90 valence electrons. The summed E-state index contributed by atoms with van der Waals surface area (Å²) in [5, 5.41) is 2.27. The van der Waals surface area contributed by atoms with E-state index in [-0.39, 0.29) is 0 Å². The molecule has 16 heavy (non-hydrogen) atoms. The Kier molecular flexibility index (Phi) is 3.85. The summed E-state index contributed by atoms with van der Waals surface area (Å²) in [7, 11) is 0. The van der Waals surface area contributed by atoms with Gasteiger partial charge in [-0.3, -0.25) is 0 Å². The maximum absolute atomic E-state index is 6.12. The first kappa shape index (κ1) is 11.9. The molecule has 1 aliphatic carbocycles. The molecule has 2 nitrogen and oxygen atoms in total. The van der Waals surface area contributed by atoms with E-state index >= 15 is 0 Å². The molecule has 1 aliphatic rings. The van der Waals surface area contributed by atoms with E-state index in [1.54, 1.807) is 11.3 Å². The summed E-state index contributed by atoms with van der Waals surface area (Å²) in [5.74, 6) is 1.27. The normalized spacial score (nSPS) is 17.4. The molecule has 0 atom stereocenters. The minimum atomic E-state index is 0.561. The van der Waals surface area contributed by atoms with Gasteiger partial charge in [-0.15, -0.1) is 11.3 Å². The average Bonchev–Trinajstić information content (AvgIpc) is 2.90. The first-order valence-electron chi connectivity index (χ1n) is 6.52. The van der Waals surface area contributed by atoms with Crippen LogP contribution in [-0.2, 0) is 0 Å². The zero-order valence-corrected chi connectivity index (χ0v) is 11.1. The lowest BCUT2D eigenvalue weighted by Gasteiger charge is -2.09. The number of anilines is 1. The van der Waals surface area contributed by atoms with Crippen LogP contribution in [0, 0.1) is 0 Å². The molecule has 3 heteroatoms. The van der Waals surface area contributed by atoms with Crippen molar-refractivity contribution in [3.05, 3.63) is 10.7 Å². The Labute approximate surface area is 102 Å². The van der Waals surface area contributed by atoms with Crippen LogP contribution in [0.5, 0.6) is 0 Å². The monoisotopic (exact) mass is 238 g/mol. The topological polar surface area (TPSA) is 38.9 Å². The van der Waals surface area contributed by atoms with Crippen LogP contribution in [0.2, 0.25) is 0 Å². The molecular formula is C13H22N2S. The smallest absolute Gasteiger partial charge is 0.110 e. The maximum Gasteiger partial charge on any atom is 0.110 e. The van der Waals surface area contributed by atoms with Gasteiger partial charge in [-0.25, -0.2) is 4.98 Å². The Morgan fingerprint density at radius 3 is 2.50 bits per heavy atom. The largest absolute Gasteiger partial charge is 0.389 e. The second-order valence-corrected chi connectivity index (χ2v) is 5.86. The van der Waals surface area contributed by atoms with Gasteiger partial charge in [-0.1, -0.05) is 26.7 Å². The Hall–Kier alpha value is -0.570. The van der Waals surface area contributed by atoms with Gasteiger partial charge < -0.3 is 5.73 Å². The molecule has 1 heterocycles. The first-order chi connectivity index (χ1) is 7.76. The van der Waals surface area contributed by atoms with Crippen molar-refractivity contribution >= 4 is 16.3 Å². The second-order valence-electron chi connectivity index (χ2n) is 4.80. The lowest BCUT2D eigenvalue weighted by atomic mass is 10.00. The number of hydrogen-bond donors (Lipinski definition) is 1. The second kappa shape index (κ2) is 5.17. The van der Waals surface area contributed by atoms with Gasteiger partial charge in [-0.2, -0.15) is 0 Å². The molecule has 1 aromatic rings. The van der Waals surface area contributed by atoms with Crippen molar-refractivity contribution in [2.24, 2.45) is 0 Å². The SMILES string of the molecule is CCC(CC)c1nc(C2CCCC2)sc1N. The van der Waals surface area contributed by atoms with E-state index in [1.807, 2.05) is 0 Å². The van der Waals surface area contributed by atoms with Crippen molar-refractivity contribution in [2.75, 3.05) is 5.73 Å². The van der Waals surface area contributed by atoms with Crippen molar-refractivity contribution in [3.8, 4) is 0 Å². The van der Waals surface area contributed by atoms with Gasteiger partial charge in [0.05, 0.1) is 10.7 Å². The zero-order chi connectivity index (χ0) is 11.5. The summed E-state index contributed by atoms with van der Waals surface area (Å²) in [4.78, 5) is 4.83. The molecule has 0 saturated heterocycles. The molecule has 1 saturated carbocycles. The third-order valence-electron chi connectivity index (χ3n) is 3.77. The lowest BCUT2D eigenvalue weighted by Crippen LogP contribution is -2.00. The zero-order valence-electron chi connectivity index (χ0n) is 10.3. The van der Waals surface area contributed by atoms with E-state index in [0.29, 0.717) is 11.8 Å². The van der Waals surface area contributed by atoms with Crippen LogP contribution >= 0.6 is 11.3 Å². The van der Waals surface area contributed by atoms with Crippen LogP contribution in [0.25, 0.3) is 0 Å². The predicted octanol–water partition coefficient (Wildman–Crippen LogP) is 4.29. The molecule has 0 aliphatic heterocycles. The Bertz CT molecular complexity index is 336. The van der Waals surface area contributed by atoms with Gasteiger partial charge in [0.1, 0.15) is 5.00 Å². The molecule has 2 N–H and O–H groups in total. The Balaban J connectivity index is 2.20. The van der Waals surface area contributed by atoms with E-state index < -0.39 is 0 Å². The van der Waals surface area contributed by atoms with E-state index in [4.69, 9.17) is 10.7 Å². The maximum atomic E-state index is 6.12. The minimum absolute atomic E-state index is 0.561. The van der Waals surface area contributed by atoms with Gasteiger partial charge >= 0.3 is 0 Å². The van der Waals surface area contributed by atoms with Crippen LogP contribution in [0.1, 0.15) is 74.9 Å². The summed E-state index contributed by atoms with van der Waals surface area (Å²) in [5.41, 5.74) is 7.29. The van der Waals surface area contributed by atoms with Crippen LogP contribution in [-0.4, -0.2) is 4.98 Å². The Morgan fingerprint density at radius 2 is 1.94 bits per heavy atom. The van der Waals surface area contributed by atoms with Gasteiger partial charge in [0.25, 0.3) is 0 Å². The fourth-order valence-corrected chi connectivity index (χ4v) is 3.77. The quantitative estimate of drug-likeness (QED) is 0.850. The highest BCUT2D eigenvalue weighted by Crippen LogP contribution is 2.40. The van der Waals surface area contributed by atoms with E-state index in [0.717, 1.165) is 17.8 Å². The third kappa shape index (κ3) is 2.24. The highest BCUT2D eigenvalue weighted by Gasteiger charge is 2.23. The predicted molar refractivity (Wildman–Crippen MR) is 71.1 cm³/mol. The molecule has 0 unspecified atom stereocenters. The van der Waals surface area contributed by atoms with Crippen LogP contribution in [0.3, 0.4) is 0 Å². The van der Waals surface area contributed by atoms with Gasteiger partial charge in [0.2, 0.25) is 0 Å². The number of hydrogen-bond acceptors (Lipinski definition) is 3. The van der Waals surface area contributed by atoms with Gasteiger partial charge in [-0.05, 0) is 25.7 Å². The van der Waals surface area contributed by atoms with E-state index in [9.17, 15) is 0 Å². The molecule has 1 aromatic heterocycles. The van der Waals surface area contributed by atoms with Crippen molar-refractivity contribution in [1.82, 2.24) is 4.98 Å². The standard InChI is InChI=1S/C13H22N2S/c1-3-9(4-2)11-12(14)16-13(15-11)10-7-5-6-8-10/h9-10H,3-8,14H2,1-2H3. The highest BCUT2D eigenvalue weighted by atomic mass is 32.1.